The lowest BCUT2D eigenvalue weighted by molar-refractivity contribution is -0.164. The van der Waals surface area contributed by atoms with Gasteiger partial charge in [0.15, 0.2) is 0 Å². The number of hydrogen-bond donors (Lipinski definition) is 0. The first-order valence-corrected chi connectivity index (χ1v) is 7.48. The Labute approximate surface area is 129 Å². The zero-order valence-corrected chi connectivity index (χ0v) is 13.0. The Hall–Kier alpha value is -2.17. The van der Waals surface area contributed by atoms with Gasteiger partial charge in [0.2, 0.25) is 0 Å². The predicted octanol–water partition coefficient (Wildman–Crippen LogP) is 2.40. The molecule has 0 N–H and O–H groups in total. The summed E-state index contributed by atoms with van der Waals surface area (Å²) in [5.74, 6) is -0.990. The number of carbonyl (C=O) groups excluding carboxylic acids is 3. The van der Waals surface area contributed by atoms with Crippen LogP contribution in [0.5, 0.6) is 0 Å². The van der Waals surface area contributed by atoms with Gasteiger partial charge in [-0.25, -0.2) is 0 Å². The van der Waals surface area contributed by atoms with Crippen molar-refractivity contribution < 1.29 is 19.1 Å². The maximum absolute atomic E-state index is 12.3. The third-order valence-corrected chi connectivity index (χ3v) is 4.04. The third-order valence-electron chi connectivity index (χ3n) is 4.04. The minimum absolute atomic E-state index is 0.204. The van der Waals surface area contributed by atoms with Crippen LogP contribution in [0.25, 0.3) is 0 Å². The molecule has 0 saturated heterocycles. The second kappa shape index (κ2) is 4.93. The van der Waals surface area contributed by atoms with Crippen LogP contribution in [0, 0.1) is 5.92 Å². The van der Waals surface area contributed by atoms with E-state index < -0.39 is 5.60 Å². The summed E-state index contributed by atoms with van der Waals surface area (Å²) in [6, 6.07) is 6.62. The van der Waals surface area contributed by atoms with Crippen LogP contribution in [0.4, 0.5) is 0 Å². The van der Waals surface area contributed by atoms with Crippen LogP contribution in [-0.4, -0.2) is 34.3 Å². The van der Waals surface area contributed by atoms with Gasteiger partial charge in [-0.3, -0.25) is 19.3 Å². The summed E-state index contributed by atoms with van der Waals surface area (Å²) in [5.41, 5.74) is 0.388. The van der Waals surface area contributed by atoms with E-state index in [4.69, 9.17) is 4.74 Å². The van der Waals surface area contributed by atoms with E-state index in [1.807, 2.05) is 20.8 Å². The minimum atomic E-state index is -0.516. The highest BCUT2D eigenvalue weighted by Crippen LogP contribution is 2.37. The minimum Gasteiger partial charge on any atom is -0.460 e. The Bertz CT molecular complexity index is 618. The van der Waals surface area contributed by atoms with Crippen LogP contribution < -0.4 is 0 Å². The van der Waals surface area contributed by atoms with E-state index >= 15 is 0 Å². The van der Waals surface area contributed by atoms with Crippen molar-refractivity contribution in [2.75, 3.05) is 0 Å². The van der Waals surface area contributed by atoms with Crippen LogP contribution in [0.15, 0.2) is 24.3 Å². The van der Waals surface area contributed by atoms with Gasteiger partial charge in [-0.05, 0) is 45.7 Å². The Morgan fingerprint density at radius 1 is 1.09 bits per heavy atom. The molecule has 2 amide bonds. The molecule has 1 aromatic rings. The van der Waals surface area contributed by atoms with E-state index in [0.717, 1.165) is 0 Å². The van der Waals surface area contributed by atoms with Crippen LogP contribution in [0.3, 0.4) is 0 Å². The summed E-state index contributed by atoms with van der Waals surface area (Å²) in [6.07, 6.45) is 0.973. The number of benzene rings is 1. The SMILES string of the molecule is CC(C)(C)OC(=O)[C@H]1C[C@@H](N2C(=O)c3ccccc3C2=O)C1. The molecular weight excluding hydrogens is 282 g/mol. The molecule has 2 aliphatic rings. The molecule has 3 rings (SSSR count). The molecule has 0 bridgehead atoms. The van der Waals surface area contributed by atoms with Gasteiger partial charge < -0.3 is 4.74 Å². The van der Waals surface area contributed by atoms with E-state index in [-0.39, 0.29) is 29.7 Å². The van der Waals surface area contributed by atoms with E-state index in [9.17, 15) is 14.4 Å². The number of carbonyl (C=O) groups is 3. The Morgan fingerprint density at radius 3 is 2.05 bits per heavy atom. The van der Waals surface area contributed by atoms with Crippen LogP contribution in [0.1, 0.15) is 54.3 Å². The highest BCUT2D eigenvalue weighted by molar-refractivity contribution is 6.21. The van der Waals surface area contributed by atoms with Crippen molar-refractivity contribution in [3.8, 4) is 0 Å². The molecule has 1 saturated carbocycles. The van der Waals surface area contributed by atoms with Gasteiger partial charge in [-0.15, -0.1) is 0 Å². The third kappa shape index (κ3) is 2.40. The van der Waals surface area contributed by atoms with Crippen molar-refractivity contribution >= 4 is 17.8 Å². The van der Waals surface area contributed by atoms with Crippen LogP contribution in [-0.2, 0) is 9.53 Å². The second-order valence-corrected chi connectivity index (χ2v) is 6.88. The van der Waals surface area contributed by atoms with Crippen molar-refractivity contribution in [3.63, 3.8) is 0 Å². The molecule has 1 fully saturated rings. The largest absolute Gasteiger partial charge is 0.460 e. The van der Waals surface area contributed by atoms with Crippen molar-refractivity contribution in [1.29, 1.82) is 0 Å². The fourth-order valence-electron chi connectivity index (χ4n) is 2.92. The molecule has 0 atom stereocenters. The summed E-state index contributed by atoms with van der Waals surface area (Å²) in [6.45, 7) is 5.47. The van der Waals surface area contributed by atoms with Crippen molar-refractivity contribution in [3.05, 3.63) is 35.4 Å². The topological polar surface area (TPSA) is 63.7 Å². The van der Waals surface area contributed by atoms with Gasteiger partial charge in [0.1, 0.15) is 5.60 Å². The fraction of sp³-hybridized carbons (Fsp3) is 0.471. The lowest BCUT2D eigenvalue weighted by Gasteiger charge is -2.39. The first-order valence-electron chi connectivity index (χ1n) is 7.48. The molecule has 0 spiro atoms. The number of imide groups is 1. The molecule has 5 heteroatoms. The highest BCUT2D eigenvalue weighted by atomic mass is 16.6. The van der Waals surface area contributed by atoms with Gasteiger partial charge in [0.25, 0.3) is 11.8 Å². The smallest absolute Gasteiger partial charge is 0.309 e. The average molecular weight is 301 g/mol. The molecule has 0 unspecified atom stereocenters. The van der Waals surface area contributed by atoms with E-state index in [1.165, 1.54) is 4.90 Å². The normalized spacial score (nSPS) is 24.0. The lowest BCUT2D eigenvalue weighted by atomic mass is 9.79. The fourth-order valence-corrected chi connectivity index (χ4v) is 2.92. The number of rotatable bonds is 2. The highest BCUT2D eigenvalue weighted by Gasteiger charge is 2.47. The maximum atomic E-state index is 12.3. The molecule has 1 aliphatic carbocycles. The number of ether oxygens (including phenoxy) is 1. The summed E-state index contributed by atoms with van der Waals surface area (Å²) in [7, 11) is 0. The summed E-state index contributed by atoms with van der Waals surface area (Å²) < 4.78 is 5.34. The summed E-state index contributed by atoms with van der Waals surface area (Å²) in [5, 5.41) is 0. The zero-order chi connectivity index (χ0) is 16.1. The molecule has 22 heavy (non-hydrogen) atoms. The number of fused-ring (bicyclic) bond motifs is 1. The van der Waals surface area contributed by atoms with Gasteiger partial charge in [0.05, 0.1) is 17.0 Å². The molecule has 5 nitrogen and oxygen atoms in total. The zero-order valence-electron chi connectivity index (χ0n) is 13.0. The van der Waals surface area contributed by atoms with E-state index in [1.54, 1.807) is 24.3 Å². The van der Waals surface area contributed by atoms with Gasteiger partial charge in [0, 0.05) is 6.04 Å². The van der Waals surface area contributed by atoms with Crippen molar-refractivity contribution in [1.82, 2.24) is 4.90 Å². The van der Waals surface area contributed by atoms with Crippen molar-refractivity contribution in [2.45, 2.75) is 45.3 Å². The molecule has 1 heterocycles. The van der Waals surface area contributed by atoms with Crippen LogP contribution in [0.2, 0.25) is 0 Å². The Kier molecular flexibility index (Phi) is 3.31. The average Bonchev–Trinajstić information content (AvgIpc) is 2.61. The lowest BCUT2D eigenvalue weighted by Crippen LogP contribution is -2.50. The van der Waals surface area contributed by atoms with Gasteiger partial charge in [-0.2, -0.15) is 0 Å². The van der Waals surface area contributed by atoms with Gasteiger partial charge in [-0.1, -0.05) is 12.1 Å². The first kappa shape index (κ1) is 14.8. The van der Waals surface area contributed by atoms with E-state index in [0.29, 0.717) is 24.0 Å². The second-order valence-electron chi connectivity index (χ2n) is 6.88. The number of nitrogens with zero attached hydrogens (tertiary/aromatic N) is 1. The monoisotopic (exact) mass is 301 g/mol. The van der Waals surface area contributed by atoms with Crippen LogP contribution >= 0.6 is 0 Å². The predicted molar refractivity (Wildman–Crippen MR) is 79.3 cm³/mol. The summed E-state index contributed by atoms with van der Waals surface area (Å²) in [4.78, 5) is 37.9. The number of esters is 1. The molecule has 0 aromatic heterocycles. The molecular formula is C17H19NO4. The molecule has 1 aliphatic heterocycles. The number of amides is 2. The number of hydrogen-bond acceptors (Lipinski definition) is 4. The standard InChI is InChI=1S/C17H19NO4/c1-17(2,3)22-16(21)10-8-11(9-10)18-14(19)12-6-4-5-7-13(12)15(18)20/h4-7,10-11H,8-9H2,1-3H3/t10-,11+. The Morgan fingerprint density at radius 2 is 1.59 bits per heavy atom. The molecule has 116 valence electrons. The molecule has 1 aromatic carbocycles. The quantitative estimate of drug-likeness (QED) is 0.621. The Balaban J connectivity index is 1.66. The molecule has 0 radical (unpaired) electrons. The summed E-state index contributed by atoms with van der Waals surface area (Å²) >= 11 is 0. The van der Waals surface area contributed by atoms with E-state index in [2.05, 4.69) is 0 Å². The van der Waals surface area contributed by atoms with Crippen molar-refractivity contribution in [2.24, 2.45) is 5.92 Å². The maximum Gasteiger partial charge on any atom is 0.309 e. The van der Waals surface area contributed by atoms with Gasteiger partial charge >= 0.3 is 5.97 Å². The first-order chi connectivity index (χ1) is 10.3.